The summed E-state index contributed by atoms with van der Waals surface area (Å²) in [6.45, 7) is 3.06. The summed E-state index contributed by atoms with van der Waals surface area (Å²) in [5.74, 6) is -0.625. The number of benzene rings is 2. The summed E-state index contributed by atoms with van der Waals surface area (Å²) in [4.78, 5) is 24.0. The second-order valence-corrected chi connectivity index (χ2v) is 6.41. The van der Waals surface area contributed by atoms with Crippen LogP contribution in [0.4, 0.5) is 13.2 Å². The maximum Gasteiger partial charge on any atom is 0.416 e. The minimum atomic E-state index is -4.38. The van der Waals surface area contributed by atoms with Crippen molar-refractivity contribution in [1.29, 1.82) is 0 Å². The van der Waals surface area contributed by atoms with E-state index in [2.05, 4.69) is 0 Å². The van der Waals surface area contributed by atoms with Gasteiger partial charge in [0.25, 0.3) is 0 Å². The van der Waals surface area contributed by atoms with Crippen LogP contribution in [0.3, 0.4) is 0 Å². The number of ether oxygens (including phenoxy) is 2. The molecule has 0 spiro atoms. The van der Waals surface area contributed by atoms with Crippen LogP contribution in [-0.4, -0.2) is 17.2 Å². The van der Waals surface area contributed by atoms with Gasteiger partial charge in [-0.25, -0.2) is 0 Å². The summed E-state index contributed by atoms with van der Waals surface area (Å²) in [6, 6.07) is 9.09. The van der Waals surface area contributed by atoms with Crippen LogP contribution in [0.15, 0.2) is 42.5 Å². The molecule has 0 saturated heterocycles. The van der Waals surface area contributed by atoms with E-state index in [0.717, 1.165) is 12.1 Å². The molecular formula is C19H15F3O4. The normalized spacial score (nSPS) is 16.0. The Balaban J connectivity index is 1.74. The number of hydrogen-bond acceptors (Lipinski definition) is 4. The smallest absolute Gasteiger partial charge is 0.416 e. The molecule has 3 rings (SSSR count). The fraction of sp³-hybridized carbons (Fsp3) is 0.263. The third-order valence-corrected chi connectivity index (χ3v) is 4.00. The van der Waals surface area contributed by atoms with Crippen LogP contribution in [0.1, 0.15) is 35.3 Å². The zero-order valence-electron chi connectivity index (χ0n) is 14.0. The molecule has 1 aliphatic rings. The highest BCUT2D eigenvalue weighted by molar-refractivity contribution is 6.47. The maximum absolute atomic E-state index is 12.6. The highest BCUT2D eigenvalue weighted by Crippen LogP contribution is 2.34. The Bertz CT molecular complexity index is 867. The first-order valence-electron chi connectivity index (χ1n) is 7.79. The van der Waals surface area contributed by atoms with Gasteiger partial charge in [0.15, 0.2) is 5.60 Å². The molecular weight excluding hydrogens is 349 g/mol. The van der Waals surface area contributed by atoms with Crippen LogP contribution in [0, 0.1) is 0 Å². The molecule has 0 amide bonds. The molecule has 0 aromatic heterocycles. The van der Waals surface area contributed by atoms with Gasteiger partial charge in [-0.15, -0.1) is 0 Å². The van der Waals surface area contributed by atoms with Gasteiger partial charge in [0.1, 0.15) is 18.1 Å². The molecule has 1 heterocycles. The monoisotopic (exact) mass is 364 g/mol. The lowest BCUT2D eigenvalue weighted by atomic mass is 9.91. The van der Waals surface area contributed by atoms with Crippen LogP contribution in [0.2, 0.25) is 0 Å². The number of fused-ring (bicyclic) bond motifs is 1. The average molecular weight is 364 g/mol. The molecule has 0 N–H and O–H groups in total. The summed E-state index contributed by atoms with van der Waals surface area (Å²) in [7, 11) is 0. The Morgan fingerprint density at radius 2 is 1.69 bits per heavy atom. The van der Waals surface area contributed by atoms with Crippen molar-refractivity contribution < 1.29 is 32.2 Å². The van der Waals surface area contributed by atoms with Crippen molar-refractivity contribution >= 4 is 11.6 Å². The van der Waals surface area contributed by atoms with Crippen LogP contribution >= 0.6 is 0 Å². The first-order chi connectivity index (χ1) is 12.1. The number of halogens is 3. The molecule has 0 aliphatic carbocycles. The van der Waals surface area contributed by atoms with Crippen LogP contribution < -0.4 is 9.47 Å². The van der Waals surface area contributed by atoms with Crippen LogP contribution in [-0.2, 0) is 17.6 Å². The van der Waals surface area contributed by atoms with Crippen molar-refractivity contribution in [3.63, 3.8) is 0 Å². The molecule has 2 aromatic carbocycles. The first-order valence-corrected chi connectivity index (χ1v) is 7.79. The summed E-state index contributed by atoms with van der Waals surface area (Å²) in [6.07, 6.45) is -4.38. The fourth-order valence-corrected chi connectivity index (χ4v) is 2.54. The minimum absolute atomic E-state index is 0.0488. The Morgan fingerprint density at radius 1 is 1.04 bits per heavy atom. The predicted molar refractivity (Wildman–Crippen MR) is 86.3 cm³/mol. The van der Waals surface area contributed by atoms with Crippen molar-refractivity contribution in [2.45, 2.75) is 32.2 Å². The van der Waals surface area contributed by atoms with Gasteiger partial charge in [0.2, 0.25) is 11.6 Å². The Labute approximate surface area is 147 Å². The van der Waals surface area contributed by atoms with Gasteiger partial charge in [0, 0.05) is 6.07 Å². The van der Waals surface area contributed by atoms with Crippen molar-refractivity contribution in [2.24, 2.45) is 0 Å². The molecule has 0 bridgehead atoms. The number of carbonyl (C=O) groups excluding carboxylic acids is 2. The van der Waals surface area contributed by atoms with Crippen LogP contribution in [0.5, 0.6) is 11.5 Å². The van der Waals surface area contributed by atoms with Crippen molar-refractivity contribution in [3.05, 3.63) is 59.2 Å². The van der Waals surface area contributed by atoms with Crippen molar-refractivity contribution in [3.8, 4) is 11.5 Å². The zero-order chi connectivity index (χ0) is 19.1. The standard InChI is InChI=1S/C19H15F3O4/c1-18(2)17(24)16(23)14-8-7-13(9-15(14)26-18)25-10-11-3-5-12(6-4-11)19(20,21)22/h3-9H,10H2,1-2H3. The van der Waals surface area contributed by atoms with Crippen molar-refractivity contribution in [2.75, 3.05) is 0 Å². The third kappa shape index (κ3) is 3.42. The number of rotatable bonds is 3. The molecule has 1 aliphatic heterocycles. The molecule has 7 heteroatoms. The van der Waals surface area contributed by atoms with Gasteiger partial charge in [-0.1, -0.05) is 12.1 Å². The SMILES string of the molecule is CC1(C)Oc2cc(OCc3ccc(C(F)(F)F)cc3)ccc2C(=O)C1=O. The van der Waals surface area contributed by atoms with E-state index in [-0.39, 0.29) is 17.9 Å². The zero-order valence-corrected chi connectivity index (χ0v) is 14.0. The molecule has 0 fully saturated rings. The van der Waals surface area contributed by atoms with Gasteiger partial charge >= 0.3 is 6.18 Å². The first kappa shape index (κ1) is 18.0. The van der Waals surface area contributed by atoms with E-state index in [1.165, 1.54) is 44.2 Å². The molecule has 0 saturated carbocycles. The third-order valence-electron chi connectivity index (χ3n) is 4.00. The second kappa shape index (κ2) is 6.16. The fourth-order valence-electron chi connectivity index (χ4n) is 2.54. The van der Waals surface area contributed by atoms with E-state index in [0.29, 0.717) is 11.3 Å². The number of ketones is 2. The Kier molecular flexibility index (Phi) is 4.26. The van der Waals surface area contributed by atoms with Crippen molar-refractivity contribution in [1.82, 2.24) is 0 Å². The van der Waals surface area contributed by atoms with Crippen LogP contribution in [0.25, 0.3) is 0 Å². The molecule has 26 heavy (non-hydrogen) atoms. The quantitative estimate of drug-likeness (QED) is 0.766. The molecule has 0 radical (unpaired) electrons. The molecule has 4 nitrogen and oxygen atoms in total. The van der Waals surface area contributed by atoms with E-state index < -0.39 is 28.9 Å². The topological polar surface area (TPSA) is 52.6 Å². The number of Topliss-reactive ketones (excluding diaryl/α,β-unsaturated/α-hetero) is 2. The Morgan fingerprint density at radius 3 is 2.31 bits per heavy atom. The van der Waals surface area contributed by atoms with Gasteiger partial charge in [-0.2, -0.15) is 13.2 Å². The summed E-state index contributed by atoms with van der Waals surface area (Å²) >= 11 is 0. The highest BCUT2D eigenvalue weighted by Gasteiger charge is 2.41. The van der Waals surface area contributed by atoms with E-state index in [4.69, 9.17) is 9.47 Å². The summed E-state index contributed by atoms with van der Waals surface area (Å²) in [5, 5.41) is 0. The van der Waals surface area contributed by atoms with Gasteiger partial charge in [-0.05, 0) is 43.7 Å². The lowest BCUT2D eigenvalue weighted by molar-refractivity contribution is -0.137. The van der Waals surface area contributed by atoms with E-state index in [1.807, 2.05) is 0 Å². The summed E-state index contributed by atoms with van der Waals surface area (Å²) < 4.78 is 48.8. The second-order valence-electron chi connectivity index (χ2n) is 6.41. The molecule has 0 unspecified atom stereocenters. The van der Waals surface area contributed by atoms with E-state index in [9.17, 15) is 22.8 Å². The summed E-state index contributed by atoms with van der Waals surface area (Å²) in [5.41, 5.74) is -1.26. The van der Waals surface area contributed by atoms with E-state index >= 15 is 0 Å². The van der Waals surface area contributed by atoms with Gasteiger partial charge in [-0.3, -0.25) is 9.59 Å². The predicted octanol–water partition coefficient (Wildman–Crippen LogP) is 4.21. The highest BCUT2D eigenvalue weighted by atomic mass is 19.4. The number of hydrogen-bond donors (Lipinski definition) is 0. The lowest BCUT2D eigenvalue weighted by Crippen LogP contribution is -2.46. The Hall–Kier alpha value is -2.83. The molecule has 136 valence electrons. The molecule has 0 atom stereocenters. The van der Waals surface area contributed by atoms with E-state index in [1.54, 1.807) is 0 Å². The lowest BCUT2D eigenvalue weighted by Gasteiger charge is -2.30. The largest absolute Gasteiger partial charge is 0.489 e. The van der Waals surface area contributed by atoms with Gasteiger partial charge in [0.05, 0.1) is 11.1 Å². The number of alkyl halides is 3. The maximum atomic E-state index is 12.6. The van der Waals surface area contributed by atoms with Gasteiger partial charge < -0.3 is 9.47 Å². The minimum Gasteiger partial charge on any atom is -0.489 e. The average Bonchev–Trinajstić information content (AvgIpc) is 2.57. The molecule has 2 aromatic rings. The number of carbonyl (C=O) groups is 2.